The van der Waals surface area contributed by atoms with Crippen LogP contribution in [0.15, 0.2) is 22.6 Å². The first kappa shape index (κ1) is 14.0. The number of nitrogens with zero attached hydrogens (tertiary/aromatic N) is 2. The van der Waals surface area contributed by atoms with Gasteiger partial charge in [-0.2, -0.15) is 0 Å². The molecule has 1 aromatic carbocycles. The average Bonchev–Trinajstić information content (AvgIpc) is 2.76. The van der Waals surface area contributed by atoms with Crippen molar-refractivity contribution in [3.05, 3.63) is 29.7 Å². The Kier molecular flexibility index (Phi) is 4.93. The van der Waals surface area contributed by atoms with E-state index < -0.39 is 0 Å². The zero-order valence-corrected chi connectivity index (χ0v) is 11.7. The lowest BCUT2D eigenvalue weighted by Gasteiger charge is -2.15. The maximum absolute atomic E-state index is 8.76. The summed E-state index contributed by atoms with van der Waals surface area (Å²) in [4.78, 5) is 6.65. The first-order chi connectivity index (χ1) is 9.19. The van der Waals surface area contributed by atoms with Crippen LogP contribution in [0.5, 0.6) is 0 Å². The van der Waals surface area contributed by atoms with Crippen molar-refractivity contribution in [1.29, 1.82) is 0 Å². The summed E-state index contributed by atoms with van der Waals surface area (Å²) in [5.74, 6) is 0.716. The van der Waals surface area contributed by atoms with Crippen LogP contribution in [0.3, 0.4) is 0 Å². The molecule has 0 aliphatic rings. The fourth-order valence-corrected chi connectivity index (χ4v) is 2.17. The number of likely N-dealkylation sites (N-methyl/N-ethyl adjacent to an activating group) is 1. The van der Waals surface area contributed by atoms with Gasteiger partial charge in [-0.15, -0.1) is 0 Å². The van der Waals surface area contributed by atoms with E-state index in [9.17, 15) is 0 Å². The first-order valence-electron chi connectivity index (χ1n) is 6.84. The smallest absolute Gasteiger partial charge is 0.192 e. The van der Waals surface area contributed by atoms with Crippen LogP contribution < -0.4 is 0 Å². The summed E-state index contributed by atoms with van der Waals surface area (Å²) >= 11 is 0. The number of benzene rings is 1. The van der Waals surface area contributed by atoms with Gasteiger partial charge in [0.2, 0.25) is 0 Å². The summed E-state index contributed by atoms with van der Waals surface area (Å²) in [6, 6.07) is 6.21. The van der Waals surface area contributed by atoms with Gasteiger partial charge in [-0.25, -0.2) is 4.98 Å². The first-order valence-corrected chi connectivity index (χ1v) is 6.84. The van der Waals surface area contributed by atoms with Gasteiger partial charge in [-0.3, -0.25) is 0 Å². The minimum absolute atomic E-state index is 0.288. The maximum Gasteiger partial charge on any atom is 0.192 e. The zero-order chi connectivity index (χ0) is 13.7. The number of fused-ring (bicyclic) bond motifs is 1. The molecule has 0 bridgehead atoms. The largest absolute Gasteiger partial charge is 0.441 e. The Morgan fingerprint density at radius 2 is 2.11 bits per heavy atom. The van der Waals surface area contributed by atoms with E-state index in [0.29, 0.717) is 5.89 Å². The number of unbranched alkanes of at least 4 members (excludes halogenated alkanes) is 1. The molecule has 0 aliphatic carbocycles. The van der Waals surface area contributed by atoms with Crippen LogP contribution in [0.4, 0.5) is 0 Å². The highest BCUT2D eigenvalue weighted by Crippen LogP contribution is 2.17. The molecule has 0 aliphatic heterocycles. The van der Waals surface area contributed by atoms with E-state index in [4.69, 9.17) is 9.52 Å². The Labute approximate surface area is 114 Å². The molecule has 0 radical (unpaired) electrons. The summed E-state index contributed by atoms with van der Waals surface area (Å²) in [7, 11) is 2.12. The Balaban J connectivity index is 1.87. The van der Waals surface area contributed by atoms with E-state index in [1.54, 1.807) is 0 Å². The predicted octanol–water partition coefficient (Wildman–Crippen LogP) is 2.38. The fourth-order valence-electron chi connectivity index (χ4n) is 2.17. The fraction of sp³-hybridized carbons (Fsp3) is 0.533. The molecule has 1 heterocycles. The molecule has 0 fully saturated rings. The molecule has 1 aromatic heterocycles. The van der Waals surface area contributed by atoms with Gasteiger partial charge in [0.1, 0.15) is 5.52 Å². The van der Waals surface area contributed by atoms with E-state index >= 15 is 0 Å². The highest BCUT2D eigenvalue weighted by molar-refractivity contribution is 5.73. The molecule has 2 aromatic rings. The van der Waals surface area contributed by atoms with Crippen LogP contribution >= 0.6 is 0 Å². The van der Waals surface area contributed by atoms with Gasteiger partial charge in [-0.05, 0) is 50.6 Å². The van der Waals surface area contributed by atoms with Gasteiger partial charge >= 0.3 is 0 Å². The normalized spacial score (nSPS) is 11.6. The third kappa shape index (κ3) is 4.04. The van der Waals surface area contributed by atoms with Crippen LogP contribution in [-0.4, -0.2) is 41.7 Å². The molecule has 0 unspecified atom stereocenters. The monoisotopic (exact) mass is 262 g/mol. The number of aromatic nitrogens is 1. The standard InChI is InChI=1S/C15H22N2O2/c1-12-16-14-11-13(5-6-15(14)19-12)7-9-17(2)8-3-4-10-18/h5-6,11,18H,3-4,7-10H2,1-2H3. The summed E-state index contributed by atoms with van der Waals surface area (Å²) in [5.41, 5.74) is 3.09. The Morgan fingerprint density at radius 1 is 1.26 bits per heavy atom. The van der Waals surface area contributed by atoms with Crippen LogP contribution in [0.1, 0.15) is 24.3 Å². The molecule has 0 amide bonds. The lowest BCUT2D eigenvalue weighted by molar-refractivity contribution is 0.264. The van der Waals surface area contributed by atoms with E-state index in [2.05, 4.69) is 29.1 Å². The highest BCUT2D eigenvalue weighted by Gasteiger charge is 2.04. The van der Waals surface area contributed by atoms with Gasteiger partial charge in [0.05, 0.1) is 0 Å². The molecular weight excluding hydrogens is 240 g/mol. The Morgan fingerprint density at radius 3 is 2.89 bits per heavy atom. The van der Waals surface area contributed by atoms with Crippen molar-refractivity contribution < 1.29 is 9.52 Å². The lowest BCUT2D eigenvalue weighted by atomic mass is 10.1. The summed E-state index contributed by atoms with van der Waals surface area (Å²) < 4.78 is 5.47. The third-order valence-electron chi connectivity index (χ3n) is 3.29. The van der Waals surface area contributed by atoms with Crippen molar-refractivity contribution >= 4 is 11.1 Å². The molecule has 0 spiro atoms. The number of aryl methyl sites for hydroxylation is 1. The second-order valence-corrected chi connectivity index (χ2v) is 5.02. The highest BCUT2D eigenvalue weighted by atomic mass is 16.3. The number of hydrogen-bond donors (Lipinski definition) is 1. The maximum atomic E-state index is 8.76. The second-order valence-electron chi connectivity index (χ2n) is 5.02. The van der Waals surface area contributed by atoms with E-state index in [0.717, 1.165) is 43.5 Å². The molecule has 4 nitrogen and oxygen atoms in total. The molecule has 0 saturated heterocycles. The average molecular weight is 262 g/mol. The van der Waals surface area contributed by atoms with E-state index in [1.165, 1.54) is 5.56 Å². The molecule has 1 N–H and O–H groups in total. The van der Waals surface area contributed by atoms with Gasteiger partial charge in [-0.1, -0.05) is 6.07 Å². The van der Waals surface area contributed by atoms with Crippen molar-refractivity contribution in [1.82, 2.24) is 9.88 Å². The number of rotatable bonds is 7. The van der Waals surface area contributed by atoms with Gasteiger partial charge in [0.25, 0.3) is 0 Å². The number of oxazole rings is 1. The SMILES string of the molecule is Cc1nc2cc(CCN(C)CCCCO)ccc2o1. The molecule has 19 heavy (non-hydrogen) atoms. The van der Waals surface area contributed by atoms with E-state index in [1.807, 2.05) is 13.0 Å². The van der Waals surface area contributed by atoms with Crippen LogP contribution in [0, 0.1) is 6.92 Å². The zero-order valence-electron chi connectivity index (χ0n) is 11.7. The Bertz CT molecular complexity index is 522. The molecular formula is C15H22N2O2. The van der Waals surface area contributed by atoms with Gasteiger partial charge in [0, 0.05) is 20.1 Å². The van der Waals surface area contributed by atoms with Crippen molar-refractivity contribution in [3.8, 4) is 0 Å². The minimum atomic E-state index is 0.288. The molecule has 4 heteroatoms. The van der Waals surface area contributed by atoms with Crippen LogP contribution in [0.2, 0.25) is 0 Å². The van der Waals surface area contributed by atoms with E-state index in [-0.39, 0.29) is 6.61 Å². The second kappa shape index (κ2) is 6.68. The Hall–Kier alpha value is -1.39. The summed E-state index contributed by atoms with van der Waals surface area (Å²) in [5, 5.41) is 8.76. The van der Waals surface area contributed by atoms with Gasteiger partial charge < -0.3 is 14.4 Å². The molecule has 2 rings (SSSR count). The van der Waals surface area contributed by atoms with Crippen molar-refractivity contribution in [2.75, 3.05) is 26.7 Å². The van der Waals surface area contributed by atoms with Crippen molar-refractivity contribution in [2.45, 2.75) is 26.2 Å². The number of aliphatic hydroxyl groups is 1. The topological polar surface area (TPSA) is 49.5 Å². The van der Waals surface area contributed by atoms with Gasteiger partial charge in [0.15, 0.2) is 11.5 Å². The van der Waals surface area contributed by atoms with Crippen molar-refractivity contribution in [3.63, 3.8) is 0 Å². The third-order valence-corrected chi connectivity index (χ3v) is 3.29. The lowest BCUT2D eigenvalue weighted by Crippen LogP contribution is -2.22. The predicted molar refractivity (Wildman–Crippen MR) is 76.3 cm³/mol. The minimum Gasteiger partial charge on any atom is -0.441 e. The summed E-state index contributed by atoms with van der Waals surface area (Å²) in [6.45, 7) is 4.21. The van der Waals surface area contributed by atoms with Crippen molar-refractivity contribution in [2.24, 2.45) is 0 Å². The molecule has 0 saturated carbocycles. The quantitative estimate of drug-likeness (QED) is 0.778. The number of aliphatic hydroxyl groups excluding tert-OH is 1. The van der Waals surface area contributed by atoms with Crippen LogP contribution in [0.25, 0.3) is 11.1 Å². The molecule has 0 atom stereocenters. The summed E-state index contributed by atoms with van der Waals surface area (Å²) in [6.07, 6.45) is 2.94. The van der Waals surface area contributed by atoms with Crippen LogP contribution in [-0.2, 0) is 6.42 Å². The molecule has 104 valence electrons. The number of hydrogen-bond acceptors (Lipinski definition) is 4.